The summed E-state index contributed by atoms with van der Waals surface area (Å²) in [7, 11) is 4.50. The Bertz CT molecular complexity index is 370. The lowest BCUT2D eigenvalue weighted by atomic mass is 9.65. The summed E-state index contributed by atoms with van der Waals surface area (Å²) in [6.07, 6.45) is 10.1. The van der Waals surface area contributed by atoms with Gasteiger partial charge in [-0.25, -0.2) is 0 Å². The van der Waals surface area contributed by atoms with E-state index in [4.69, 9.17) is 18.0 Å². The zero-order valence-electron chi connectivity index (χ0n) is 14.4. The molecular weight excluding hydrogens is 275 g/mol. The van der Waals surface area contributed by atoms with E-state index in [1.54, 1.807) is 0 Å². The van der Waals surface area contributed by atoms with E-state index in [9.17, 15) is 0 Å². The van der Waals surface area contributed by atoms with Crippen molar-refractivity contribution in [3.05, 3.63) is 0 Å². The van der Waals surface area contributed by atoms with Crippen molar-refractivity contribution in [1.82, 2.24) is 4.90 Å². The van der Waals surface area contributed by atoms with Crippen LogP contribution < -0.4 is 5.73 Å². The van der Waals surface area contributed by atoms with E-state index in [1.807, 2.05) is 0 Å². The van der Waals surface area contributed by atoms with Crippen molar-refractivity contribution >= 4 is 25.1 Å². The van der Waals surface area contributed by atoms with Gasteiger partial charge in [0, 0.05) is 19.0 Å². The normalized spacial score (nSPS) is 38.6. The summed E-state index contributed by atoms with van der Waals surface area (Å²) in [6.45, 7) is 4.62. The number of hydrogen-bond donors (Lipinski definition) is 1. The van der Waals surface area contributed by atoms with Crippen LogP contribution in [0.5, 0.6) is 0 Å². The second-order valence-corrected chi connectivity index (χ2v) is 8.71. The average Bonchev–Trinajstić information content (AvgIpc) is 2.43. The van der Waals surface area contributed by atoms with Gasteiger partial charge >= 0.3 is 0 Å². The largest absolute Gasteiger partial charge is 0.366 e. The Morgan fingerprint density at radius 2 is 2.10 bits per heavy atom. The molecule has 2 fully saturated rings. The van der Waals surface area contributed by atoms with Gasteiger partial charge in [-0.3, -0.25) is 0 Å². The summed E-state index contributed by atoms with van der Waals surface area (Å²) in [5, 5.41) is 0. The number of rotatable bonds is 2. The van der Waals surface area contributed by atoms with Crippen molar-refractivity contribution in [2.75, 3.05) is 7.05 Å². The van der Waals surface area contributed by atoms with E-state index in [0.29, 0.717) is 12.0 Å². The van der Waals surface area contributed by atoms with Gasteiger partial charge in [0.05, 0.1) is 4.99 Å². The van der Waals surface area contributed by atoms with Crippen LogP contribution in [0.2, 0.25) is 0 Å². The van der Waals surface area contributed by atoms with E-state index >= 15 is 0 Å². The molecule has 4 heteroatoms. The zero-order chi connectivity index (χ0) is 15.6. The molecular formula is C17H33BN2S. The summed E-state index contributed by atoms with van der Waals surface area (Å²) in [4.78, 5) is 3.65. The lowest BCUT2D eigenvalue weighted by Crippen LogP contribution is -2.53. The van der Waals surface area contributed by atoms with Crippen molar-refractivity contribution in [1.29, 1.82) is 0 Å². The summed E-state index contributed by atoms with van der Waals surface area (Å²) in [6, 6.07) is 0.627. The summed E-state index contributed by atoms with van der Waals surface area (Å²) < 4.78 is 0. The maximum atomic E-state index is 6.60. The first kappa shape index (κ1) is 17.3. The smallest absolute Gasteiger partial charge is 0.127 e. The number of nitrogens with two attached hydrogens (primary N) is 1. The fourth-order valence-corrected chi connectivity index (χ4v) is 4.89. The maximum Gasteiger partial charge on any atom is 0.127 e. The second kappa shape index (κ2) is 7.00. The van der Waals surface area contributed by atoms with Gasteiger partial charge in [0.15, 0.2) is 0 Å². The first-order chi connectivity index (χ1) is 9.80. The van der Waals surface area contributed by atoms with E-state index in [2.05, 4.69) is 33.6 Å². The molecule has 120 valence electrons. The quantitative estimate of drug-likeness (QED) is 0.628. The van der Waals surface area contributed by atoms with Gasteiger partial charge in [0.2, 0.25) is 0 Å². The maximum absolute atomic E-state index is 6.60. The Kier molecular flexibility index (Phi) is 5.75. The molecule has 2 N–H and O–H groups in total. The van der Waals surface area contributed by atoms with Gasteiger partial charge in [0.1, 0.15) is 7.85 Å². The number of hydrogen-bond acceptors (Lipinski definition) is 2. The van der Waals surface area contributed by atoms with Gasteiger partial charge in [-0.05, 0) is 49.4 Å². The molecule has 1 saturated carbocycles. The van der Waals surface area contributed by atoms with Crippen LogP contribution in [0.3, 0.4) is 0 Å². The molecule has 0 amide bonds. The van der Waals surface area contributed by atoms with Crippen LogP contribution in [0.1, 0.15) is 65.2 Å². The predicted molar refractivity (Wildman–Crippen MR) is 98.4 cm³/mol. The number of likely N-dealkylation sites (tertiary alicyclic amines) is 1. The lowest BCUT2D eigenvalue weighted by molar-refractivity contribution is 0.153. The highest BCUT2D eigenvalue weighted by Crippen LogP contribution is 2.39. The third kappa shape index (κ3) is 4.45. The molecule has 21 heavy (non-hydrogen) atoms. The second-order valence-electron chi connectivity index (χ2n) is 8.30. The van der Waals surface area contributed by atoms with Crippen molar-refractivity contribution in [2.45, 2.75) is 76.7 Å². The first-order valence-electron chi connectivity index (χ1n) is 8.86. The van der Waals surface area contributed by atoms with Crippen molar-refractivity contribution in [3.63, 3.8) is 0 Å². The van der Waals surface area contributed by atoms with Crippen LogP contribution in [-0.4, -0.2) is 36.3 Å². The Morgan fingerprint density at radius 3 is 2.76 bits per heavy atom. The Hall–Kier alpha value is -0.0851. The minimum atomic E-state index is 0.00936. The molecule has 1 saturated heterocycles. The van der Waals surface area contributed by atoms with Crippen LogP contribution in [0.25, 0.3) is 0 Å². The van der Waals surface area contributed by atoms with E-state index in [0.717, 1.165) is 11.8 Å². The first-order valence-corrected chi connectivity index (χ1v) is 9.26. The Balaban J connectivity index is 2.17. The highest BCUT2D eigenvalue weighted by molar-refractivity contribution is 7.80. The molecule has 0 bridgehead atoms. The molecule has 0 radical (unpaired) electrons. The van der Waals surface area contributed by atoms with Crippen LogP contribution in [-0.2, 0) is 0 Å². The molecule has 0 spiro atoms. The highest BCUT2D eigenvalue weighted by Gasteiger charge is 2.40. The Labute approximate surface area is 137 Å². The van der Waals surface area contributed by atoms with Crippen LogP contribution in [0.15, 0.2) is 0 Å². The van der Waals surface area contributed by atoms with Gasteiger partial charge in [-0.1, -0.05) is 45.3 Å². The molecule has 0 aromatic carbocycles. The number of nitrogens with zero attached hydrogens (tertiary/aromatic N) is 1. The molecule has 4 atom stereocenters. The molecule has 0 aromatic heterocycles. The van der Waals surface area contributed by atoms with Gasteiger partial charge in [0.25, 0.3) is 0 Å². The molecule has 1 aliphatic heterocycles. The third-order valence-corrected chi connectivity index (χ3v) is 6.18. The molecule has 1 aliphatic carbocycles. The van der Waals surface area contributed by atoms with Crippen LogP contribution in [0.4, 0.5) is 0 Å². The lowest BCUT2D eigenvalue weighted by Gasteiger charge is -2.47. The van der Waals surface area contributed by atoms with Crippen LogP contribution in [0, 0.1) is 17.8 Å². The molecule has 2 aliphatic rings. The van der Waals surface area contributed by atoms with Gasteiger partial charge < -0.3 is 10.6 Å². The predicted octanol–water partition coefficient (Wildman–Crippen LogP) is 2.94. The summed E-state index contributed by atoms with van der Waals surface area (Å²) >= 11 is 5.80. The Morgan fingerprint density at radius 1 is 1.38 bits per heavy atom. The number of piperidine rings is 1. The number of fused-ring (bicyclic) bond motifs is 1. The molecule has 1 heterocycles. The highest BCUT2D eigenvalue weighted by atomic mass is 32.1. The monoisotopic (exact) mass is 308 g/mol. The molecule has 4 unspecified atom stereocenters. The zero-order valence-corrected chi connectivity index (χ0v) is 15.2. The van der Waals surface area contributed by atoms with E-state index in [1.165, 1.54) is 56.4 Å². The van der Waals surface area contributed by atoms with Crippen LogP contribution >= 0.6 is 12.2 Å². The summed E-state index contributed by atoms with van der Waals surface area (Å²) in [5.74, 6) is 2.03. The minimum absolute atomic E-state index is 0.00936. The minimum Gasteiger partial charge on any atom is -0.366 e. The fraction of sp³-hybridized carbons (Fsp3) is 0.941. The van der Waals surface area contributed by atoms with Crippen molar-refractivity contribution in [3.8, 4) is 0 Å². The fourth-order valence-electron chi connectivity index (χ4n) is 4.57. The number of thiocarbonyl (C=S) groups is 1. The molecule has 2 rings (SSSR count). The van der Waals surface area contributed by atoms with E-state index in [-0.39, 0.29) is 5.44 Å². The third-order valence-electron chi connectivity index (χ3n) is 5.56. The molecule has 2 nitrogen and oxygen atoms in total. The average molecular weight is 308 g/mol. The van der Waals surface area contributed by atoms with Gasteiger partial charge in [-0.15, -0.1) is 0 Å². The molecule has 0 aromatic rings. The van der Waals surface area contributed by atoms with Gasteiger partial charge in [-0.2, -0.15) is 0 Å². The van der Waals surface area contributed by atoms with Crippen molar-refractivity contribution in [2.24, 2.45) is 23.5 Å². The SMILES string of the molecule is BC1(N)CCCCCC2C(CC(CC(C)C)C(=S)N2C)C1. The standard InChI is InChI=1S/C17H33BN2S/c1-12(2)9-13-10-14-11-17(18,19)8-6-4-5-7-15(14)20(3)16(13)21/h12-15H,4-11,18-19H2,1-3H3. The topological polar surface area (TPSA) is 29.3 Å². The summed E-state index contributed by atoms with van der Waals surface area (Å²) in [5.41, 5.74) is 6.61. The van der Waals surface area contributed by atoms with E-state index < -0.39 is 0 Å². The van der Waals surface area contributed by atoms with Crippen molar-refractivity contribution < 1.29 is 0 Å².